The molecule has 1 aliphatic heterocycles. The van der Waals surface area contributed by atoms with Crippen molar-refractivity contribution in [3.8, 4) is 0 Å². The van der Waals surface area contributed by atoms with Gasteiger partial charge in [0.25, 0.3) is 0 Å². The molecule has 1 fully saturated rings. The Kier molecular flexibility index (Phi) is 4.25. The summed E-state index contributed by atoms with van der Waals surface area (Å²) in [7, 11) is 0. The monoisotopic (exact) mass is 306 g/mol. The Morgan fingerprint density at radius 1 is 1.32 bits per heavy atom. The van der Waals surface area contributed by atoms with Crippen LogP contribution in [0.4, 0.5) is 16.3 Å². The van der Waals surface area contributed by atoms with Crippen molar-refractivity contribution in [2.24, 2.45) is 0 Å². The summed E-state index contributed by atoms with van der Waals surface area (Å²) in [5.41, 5.74) is 6.47. The molecule has 7 heteroatoms. The van der Waals surface area contributed by atoms with Crippen molar-refractivity contribution in [2.45, 2.75) is 33.3 Å². The Bertz CT molecular complexity index is 595. The van der Waals surface area contributed by atoms with Crippen molar-refractivity contribution in [1.29, 1.82) is 0 Å². The molecule has 2 rings (SSSR count). The van der Waals surface area contributed by atoms with Gasteiger partial charge in [-0.3, -0.25) is 9.69 Å². The van der Waals surface area contributed by atoms with Crippen LogP contribution in [0.1, 0.15) is 26.5 Å². The number of carbonyl (C=O) groups excluding carboxylic acids is 2. The van der Waals surface area contributed by atoms with Gasteiger partial charge in [-0.2, -0.15) is 0 Å². The lowest BCUT2D eigenvalue weighted by Gasteiger charge is -2.35. The summed E-state index contributed by atoms with van der Waals surface area (Å²) in [5.74, 6) is 0.257. The maximum atomic E-state index is 12.3. The molecule has 2 heterocycles. The highest BCUT2D eigenvalue weighted by molar-refractivity contribution is 5.97. The first-order valence-corrected chi connectivity index (χ1v) is 7.19. The fourth-order valence-corrected chi connectivity index (χ4v) is 2.27. The van der Waals surface area contributed by atoms with Gasteiger partial charge >= 0.3 is 6.09 Å². The summed E-state index contributed by atoms with van der Waals surface area (Å²) in [4.78, 5) is 31.6. The quantitative estimate of drug-likeness (QED) is 0.850. The van der Waals surface area contributed by atoms with E-state index in [0.29, 0.717) is 24.6 Å². The van der Waals surface area contributed by atoms with Gasteiger partial charge in [0.2, 0.25) is 5.91 Å². The molecule has 7 nitrogen and oxygen atoms in total. The van der Waals surface area contributed by atoms with Crippen molar-refractivity contribution in [3.63, 3.8) is 0 Å². The van der Waals surface area contributed by atoms with Crippen molar-refractivity contribution in [1.82, 2.24) is 9.88 Å². The molecule has 2 amide bonds. The van der Waals surface area contributed by atoms with E-state index < -0.39 is 11.7 Å². The van der Waals surface area contributed by atoms with Gasteiger partial charge in [0.15, 0.2) is 0 Å². The van der Waals surface area contributed by atoms with Gasteiger partial charge in [-0.25, -0.2) is 9.78 Å². The molecule has 0 radical (unpaired) electrons. The molecule has 0 aromatic carbocycles. The van der Waals surface area contributed by atoms with Crippen molar-refractivity contribution in [3.05, 3.63) is 17.8 Å². The van der Waals surface area contributed by atoms with Crippen LogP contribution in [0.3, 0.4) is 0 Å². The number of anilines is 2. The number of hydrogen-bond acceptors (Lipinski definition) is 5. The summed E-state index contributed by atoms with van der Waals surface area (Å²) < 4.78 is 5.29. The number of carbonyl (C=O) groups is 2. The van der Waals surface area contributed by atoms with Crippen molar-refractivity contribution < 1.29 is 14.3 Å². The summed E-state index contributed by atoms with van der Waals surface area (Å²) in [6, 6.07) is 3.44. The van der Waals surface area contributed by atoms with E-state index in [1.54, 1.807) is 44.7 Å². The molecule has 1 aromatic heterocycles. The molecule has 1 saturated heterocycles. The second kappa shape index (κ2) is 5.82. The predicted octanol–water partition coefficient (Wildman–Crippen LogP) is 1.56. The van der Waals surface area contributed by atoms with Gasteiger partial charge in [0, 0.05) is 13.1 Å². The van der Waals surface area contributed by atoms with E-state index >= 15 is 0 Å². The van der Waals surface area contributed by atoms with Crippen molar-refractivity contribution in [2.75, 3.05) is 30.3 Å². The molecule has 0 unspecified atom stereocenters. The molecule has 1 aromatic rings. The predicted molar refractivity (Wildman–Crippen MR) is 83.5 cm³/mol. The number of hydrogen-bond donors (Lipinski definition) is 1. The third-order valence-corrected chi connectivity index (χ3v) is 3.24. The molecule has 120 valence electrons. The van der Waals surface area contributed by atoms with E-state index in [0.717, 1.165) is 5.69 Å². The molecule has 0 aliphatic carbocycles. The van der Waals surface area contributed by atoms with Crippen LogP contribution >= 0.6 is 0 Å². The number of ether oxygens (including phenoxy) is 1. The molecule has 22 heavy (non-hydrogen) atoms. The van der Waals surface area contributed by atoms with Gasteiger partial charge in [-0.05, 0) is 39.8 Å². The highest BCUT2D eigenvalue weighted by Gasteiger charge is 2.31. The summed E-state index contributed by atoms with van der Waals surface area (Å²) in [5, 5.41) is 0. The minimum Gasteiger partial charge on any atom is -0.444 e. The Labute approximate surface area is 130 Å². The summed E-state index contributed by atoms with van der Waals surface area (Å²) in [6.07, 6.45) is -0.465. The molecular weight excluding hydrogens is 284 g/mol. The molecular formula is C15H22N4O3. The molecule has 0 spiro atoms. The van der Waals surface area contributed by atoms with E-state index in [9.17, 15) is 9.59 Å². The van der Waals surface area contributed by atoms with Crippen LogP contribution in [0.25, 0.3) is 0 Å². The standard InChI is InChI=1S/C15H22N4O3/c1-10-11(5-6-12(16)17-10)19-8-7-18(9-13(19)20)14(21)22-15(2,3)4/h5-6H,7-9H2,1-4H3,(H2,16,17). The second-order valence-corrected chi connectivity index (χ2v) is 6.29. The largest absolute Gasteiger partial charge is 0.444 e. The maximum Gasteiger partial charge on any atom is 0.410 e. The molecule has 0 saturated carbocycles. The van der Waals surface area contributed by atoms with Gasteiger partial charge < -0.3 is 15.4 Å². The number of aryl methyl sites for hydroxylation is 1. The highest BCUT2D eigenvalue weighted by atomic mass is 16.6. The van der Waals surface area contributed by atoms with Gasteiger partial charge in [-0.15, -0.1) is 0 Å². The van der Waals surface area contributed by atoms with Gasteiger partial charge in [-0.1, -0.05) is 0 Å². The number of aromatic nitrogens is 1. The van der Waals surface area contributed by atoms with E-state index in [1.807, 2.05) is 0 Å². The van der Waals surface area contributed by atoms with E-state index in [1.165, 1.54) is 4.90 Å². The Morgan fingerprint density at radius 2 is 2.00 bits per heavy atom. The van der Waals surface area contributed by atoms with Gasteiger partial charge in [0.1, 0.15) is 18.0 Å². The summed E-state index contributed by atoms with van der Waals surface area (Å²) in [6.45, 7) is 8.03. The number of pyridine rings is 1. The van der Waals surface area contributed by atoms with Gasteiger partial charge in [0.05, 0.1) is 11.4 Å². The molecule has 0 atom stereocenters. The zero-order chi connectivity index (χ0) is 16.5. The second-order valence-electron chi connectivity index (χ2n) is 6.29. The van der Waals surface area contributed by atoms with Crippen molar-refractivity contribution >= 4 is 23.5 Å². The van der Waals surface area contributed by atoms with Crippen LogP contribution in [0.15, 0.2) is 12.1 Å². The van der Waals surface area contributed by atoms with Crippen LogP contribution in [0.5, 0.6) is 0 Å². The fraction of sp³-hybridized carbons (Fsp3) is 0.533. The van der Waals surface area contributed by atoms with Crippen LogP contribution in [-0.2, 0) is 9.53 Å². The number of nitrogen functional groups attached to an aromatic ring is 1. The van der Waals surface area contributed by atoms with Crippen LogP contribution in [0.2, 0.25) is 0 Å². The number of rotatable bonds is 1. The lowest BCUT2D eigenvalue weighted by atomic mass is 10.2. The lowest BCUT2D eigenvalue weighted by molar-refractivity contribution is -0.121. The SMILES string of the molecule is Cc1nc(N)ccc1N1CCN(C(=O)OC(C)(C)C)CC1=O. The smallest absolute Gasteiger partial charge is 0.410 e. The maximum absolute atomic E-state index is 12.3. The number of nitrogens with two attached hydrogens (primary N) is 1. The minimum absolute atomic E-state index is 0.00126. The third kappa shape index (κ3) is 3.66. The number of nitrogens with zero attached hydrogens (tertiary/aromatic N) is 3. The van der Waals surface area contributed by atoms with E-state index in [-0.39, 0.29) is 12.5 Å². The normalized spacial score (nSPS) is 15.9. The Balaban J connectivity index is 2.07. The fourth-order valence-electron chi connectivity index (χ4n) is 2.27. The number of piperazine rings is 1. The van der Waals surface area contributed by atoms with E-state index in [4.69, 9.17) is 10.5 Å². The van der Waals surface area contributed by atoms with Crippen LogP contribution in [0, 0.1) is 6.92 Å². The average molecular weight is 306 g/mol. The molecule has 2 N–H and O–H groups in total. The average Bonchev–Trinajstić information content (AvgIpc) is 2.37. The first-order chi connectivity index (χ1) is 10.2. The molecule has 0 bridgehead atoms. The van der Waals surface area contributed by atoms with Crippen LogP contribution < -0.4 is 10.6 Å². The Morgan fingerprint density at radius 3 is 2.55 bits per heavy atom. The van der Waals surface area contributed by atoms with E-state index in [2.05, 4.69) is 4.98 Å². The zero-order valence-electron chi connectivity index (χ0n) is 13.4. The zero-order valence-corrected chi connectivity index (χ0v) is 13.4. The third-order valence-electron chi connectivity index (χ3n) is 3.24. The Hall–Kier alpha value is -2.31. The molecule has 1 aliphatic rings. The minimum atomic E-state index is -0.575. The lowest BCUT2D eigenvalue weighted by Crippen LogP contribution is -2.53. The topological polar surface area (TPSA) is 88.8 Å². The first-order valence-electron chi connectivity index (χ1n) is 7.19. The first kappa shape index (κ1) is 16.1. The van der Waals surface area contributed by atoms with Crippen LogP contribution in [-0.4, -0.2) is 47.1 Å². The summed E-state index contributed by atoms with van der Waals surface area (Å²) >= 11 is 0. The highest BCUT2D eigenvalue weighted by Crippen LogP contribution is 2.22. The number of amides is 2.